The van der Waals surface area contributed by atoms with Gasteiger partial charge in [-0.15, -0.1) is 0 Å². The largest absolute Gasteiger partial charge is 0.459 e. The Labute approximate surface area is 96.7 Å². The minimum atomic E-state index is -1.24. The van der Waals surface area contributed by atoms with Crippen molar-refractivity contribution in [1.82, 2.24) is 5.32 Å². The van der Waals surface area contributed by atoms with Gasteiger partial charge in [0.25, 0.3) is 0 Å². The Bertz CT molecular complexity index is 277. The van der Waals surface area contributed by atoms with Gasteiger partial charge in [-0.05, 0) is 41.5 Å². The van der Waals surface area contributed by atoms with Crippen LogP contribution in [0.15, 0.2) is 0 Å². The molecule has 0 fully saturated rings. The molecular weight excluding hydrogens is 208 g/mol. The Kier molecular flexibility index (Phi) is 4.49. The fraction of sp³-hybridized carbons (Fsp3) is 0.818. The zero-order valence-corrected chi connectivity index (χ0v) is 10.9. The lowest BCUT2D eigenvalue weighted by molar-refractivity contribution is -0.168. The van der Waals surface area contributed by atoms with Crippen LogP contribution >= 0.6 is 0 Å². The molecule has 0 radical (unpaired) electrons. The molecule has 0 aromatic carbocycles. The molecule has 16 heavy (non-hydrogen) atoms. The Balaban J connectivity index is 4.65. The first-order valence-corrected chi connectivity index (χ1v) is 5.27. The summed E-state index contributed by atoms with van der Waals surface area (Å²) in [6.07, 6.45) is -0.491. The van der Waals surface area contributed by atoms with Crippen molar-refractivity contribution in [1.29, 1.82) is 0 Å². The van der Waals surface area contributed by atoms with Crippen LogP contribution in [0.1, 0.15) is 41.5 Å². The van der Waals surface area contributed by atoms with Gasteiger partial charge in [0.05, 0.1) is 6.17 Å². The summed E-state index contributed by atoms with van der Waals surface area (Å²) in [5, 5.41) is 2.49. The second-order valence-electron chi connectivity index (χ2n) is 5.39. The van der Waals surface area contributed by atoms with E-state index in [4.69, 9.17) is 10.5 Å². The van der Waals surface area contributed by atoms with Crippen molar-refractivity contribution in [2.45, 2.75) is 53.3 Å². The van der Waals surface area contributed by atoms with Gasteiger partial charge in [-0.2, -0.15) is 0 Å². The fourth-order valence-corrected chi connectivity index (χ4v) is 0.886. The van der Waals surface area contributed by atoms with Gasteiger partial charge in [0.15, 0.2) is 0 Å². The topological polar surface area (TPSA) is 81.4 Å². The van der Waals surface area contributed by atoms with Crippen LogP contribution in [-0.4, -0.2) is 23.6 Å². The van der Waals surface area contributed by atoms with Gasteiger partial charge in [-0.25, -0.2) is 0 Å². The molecule has 0 aliphatic heterocycles. The second-order valence-corrected chi connectivity index (χ2v) is 5.39. The molecule has 0 aliphatic rings. The lowest BCUT2D eigenvalue weighted by Gasteiger charge is -2.28. The predicted molar refractivity (Wildman–Crippen MR) is 61.4 cm³/mol. The molecular formula is C11H22N2O3. The summed E-state index contributed by atoms with van der Waals surface area (Å²) >= 11 is 0. The molecule has 5 nitrogen and oxygen atoms in total. The van der Waals surface area contributed by atoms with Gasteiger partial charge in [0.1, 0.15) is 11.0 Å². The minimum Gasteiger partial charge on any atom is -0.459 e. The molecule has 1 atom stereocenters. The van der Waals surface area contributed by atoms with E-state index in [1.54, 1.807) is 27.7 Å². The zero-order valence-electron chi connectivity index (χ0n) is 10.9. The number of carbonyl (C=O) groups excluding carboxylic acids is 2. The third-order valence-electron chi connectivity index (χ3n) is 1.84. The van der Waals surface area contributed by atoms with E-state index >= 15 is 0 Å². The molecule has 0 bridgehead atoms. The molecule has 0 saturated heterocycles. The lowest BCUT2D eigenvalue weighted by Crippen LogP contribution is -2.50. The molecule has 0 heterocycles. The number of carbonyl (C=O) groups is 2. The van der Waals surface area contributed by atoms with Crippen molar-refractivity contribution in [3.05, 3.63) is 0 Å². The normalized spacial score (nSPS) is 14.2. The Hall–Kier alpha value is -1.10. The lowest BCUT2D eigenvalue weighted by atomic mass is 9.92. The summed E-state index contributed by atoms with van der Waals surface area (Å²) in [4.78, 5) is 23.5. The van der Waals surface area contributed by atoms with E-state index in [0.717, 1.165) is 0 Å². The van der Waals surface area contributed by atoms with E-state index in [1.165, 1.54) is 13.8 Å². The Morgan fingerprint density at radius 3 is 1.94 bits per heavy atom. The minimum absolute atomic E-state index is 0.434. The average molecular weight is 230 g/mol. The van der Waals surface area contributed by atoms with Gasteiger partial charge in [-0.1, -0.05) is 0 Å². The number of esters is 1. The third-order valence-corrected chi connectivity index (χ3v) is 1.84. The number of nitrogens with two attached hydrogens (primary N) is 1. The number of amides is 1. The molecule has 0 aliphatic carbocycles. The van der Waals surface area contributed by atoms with E-state index in [-0.39, 0.29) is 0 Å². The monoisotopic (exact) mass is 230 g/mol. The Morgan fingerprint density at radius 1 is 1.19 bits per heavy atom. The van der Waals surface area contributed by atoms with E-state index in [9.17, 15) is 9.59 Å². The molecule has 94 valence electrons. The van der Waals surface area contributed by atoms with Crippen molar-refractivity contribution in [2.24, 2.45) is 11.1 Å². The van der Waals surface area contributed by atoms with Crippen molar-refractivity contribution in [3.8, 4) is 0 Å². The maximum Gasteiger partial charge on any atom is 0.321 e. The first-order valence-electron chi connectivity index (χ1n) is 5.27. The molecule has 0 saturated carbocycles. The first-order chi connectivity index (χ1) is 6.97. The van der Waals surface area contributed by atoms with Crippen LogP contribution in [0.5, 0.6) is 0 Å². The second kappa shape index (κ2) is 4.82. The highest BCUT2D eigenvalue weighted by molar-refractivity contribution is 6.01. The average Bonchev–Trinajstić information content (AvgIpc) is 1.99. The van der Waals surface area contributed by atoms with Crippen LogP contribution in [0.2, 0.25) is 0 Å². The molecule has 0 aromatic heterocycles. The number of hydrogen-bond acceptors (Lipinski definition) is 4. The number of nitrogens with one attached hydrogen (secondary N) is 1. The summed E-state index contributed by atoms with van der Waals surface area (Å²) in [6.45, 7) is 9.92. The van der Waals surface area contributed by atoms with Crippen molar-refractivity contribution >= 4 is 11.9 Å². The number of hydrogen-bond donors (Lipinski definition) is 2. The van der Waals surface area contributed by atoms with Crippen LogP contribution in [0.25, 0.3) is 0 Å². The highest BCUT2D eigenvalue weighted by Crippen LogP contribution is 2.21. The summed E-state index contributed by atoms with van der Waals surface area (Å²) in [6, 6.07) is 0. The highest BCUT2D eigenvalue weighted by atomic mass is 16.6. The molecule has 0 aromatic rings. The fourth-order valence-electron chi connectivity index (χ4n) is 0.886. The van der Waals surface area contributed by atoms with Gasteiger partial charge >= 0.3 is 5.97 Å². The number of rotatable bonds is 3. The third kappa shape index (κ3) is 4.61. The summed E-state index contributed by atoms with van der Waals surface area (Å²) in [7, 11) is 0. The molecule has 1 amide bonds. The van der Waals surface area contributed by atoms with Crippen LogP contribution in [-0.2, 0) is 14.3 Å². The SMILES string of the molecule is CC(N)NC(=O)C(C)(C)C(=O)OC(C)(C)C. The summed E-state index contributed by atoms with van der Waals surface area (Å²) in [5.41, 5.74) is 3.59. The summed E-state index contributed by atoms with van der Waals surface area (Å²) in [5.74, 6) is -0.991. The van der Waals surface area contributed by atoms with Crippen LogP contribution in [0.3, 0.4) is 0 Å². The van der Waals surface area contributed by atoms with E-state index in [1.807, 2.05) is 0 Å². The van der Waals surface area contributed by atoms with Crippen molar-refractivity contribution < 1.29 is 14.3 Å². The van der Waals surface area contributed by atoms with Crippen LogP contribution < -0.4 is 11.1 Å². The predicted octanol–water partition coefficient (Wildman–Crippen LogP) is 0.775. The smallest absolute Gasteiger partial charge is 0.321 e. The Morgan fingerprint density at radius 2 is 1.62 bits per heavy atom. The van der Waals surface area contributed by atoms with Gasteiger partial charge in [0, 0.05) is 0 Å². The van der Waals surface area contributed by atoms with Gasteiger partial charge < -0.3 is 15.8 Å². The first kappa shape index (κ1) is 14.9. The van der Waals surface area contributed by atoms with E-state index < -0.39 is 29.1 Å². The van der Waals surface area contributed by atoms with Gasteiger partial charge in [-0.3, -0.25) is 9.59 Å². The zero-order chi connectivity index (χ0) is 13.1. The maximum atomic E-state index is 11.8. The molecule has 1 unspecified atom stereocenters. The standard InChI is InChI=1S/C11H22N2O3/c1-7(12)13-8(14)11(5,6)9(15)16-10(2,3)4/h7H,12H2,1-6H3,(H,13,14). The van der Waals surface area contributed by atoms with Crippen LogP contribution in [0.4, 0.5) is 0 Å². The molecule has 3 N–H and O–H groups in total. The summed E-state index contributed by atoms with van der Waals surface area (Å²) < 4.78 is 5.16. The van der Waals surface area contributed by atoms with Crippen LogP contribution in [0, 0.1) is 5.41 Å². The van der Waals surface area contributed by atoms with Crippen molar-refractivity contribution in [2.75, 3.05) is 0 Å². The van der Waals surface area contributed by atoms with E-state index in [0.29, 0.717) is 0 Å². The highest BCUT2D eigenvalue weighted by Gasteiger charge is 2.39. The van der Waals surface area contributed by atoms with Crippen molar-refractivity contribution in [3.63, 3.8) is 0 Å². The molecule has 5 heteroatoms. The molecule has 0 spiro atoms. The molecule has 0 rings (SSSR count). The maximum absolute atomic E-state index is 11.8. The van der Waals surface area contributed by atoms with E-state index in [2.05, 4.69) is 5.32 Å². The number of ether oxygens (including phenoxy) is 1. The quantitative estimate of drug-likeness (QED) is 0.426. The van der Waals surface area contributed by atoms with Gasteiger partial charge in [0.2, 0.25) is 5.91 Å².